The molecule has 2 aromatic heterocycles. The number of para-hydroxylation sites is 1. The van der Waals surface area contributed by atoms with Gasteiger partial charge in [-0.05, 0) is 48.2 Å². The molecule has 2 N–H and O–H groups in total. The maximum atomic E-state index is 14.5. The SMILES string of the molecule is O=C(N[C@H]1CCOC[C@@H]1O)c1cc(Cc2ccnc(Cl)c2)c2cccc(F)c2n1. The number of fused-ring (bicyclic) bond motifs is 1. The van der Waals surface area contributed by atoms with Gasteiger partial charge in [-0.3, -0.25) is 4.79 Å². The Morgan fingerprint density at radius 2 is 2.21 bits per heavy atom. The van der Waals surface area contributed by atoms with Gasteiger partial charge in [-0.2, -0.15) is 0 Å². The largest absolute Gasteiger partial charge is 0.389 e. The highest BCUT2D eigenvalue weighted by atomic mass is 35.5. The van der Waals surface area contributed by atoms with Gasteiger partial charge < -0.3 is 15.2 Å². The van der Waals surface area contributed by atoms with E-state index in [4.69, 9.17) is 16.3 Å². The molecule has 8 heteroatoms. The van der Waals surface area contributed by atoms with E-state index in [9.17, 15) is 14.3 Å². The van der Waals surface area contributed by atoms with Crippen LogP contribution < -0.4 is 5.32 Å². The Labute approximate surface area is 171 Å². The zero-order chi connectivity index (χ0) is 20.4. The van der Waals surface area contributed by atoms with Crippen LogP contribution in [-0.2, 0) is 11.2 Å². The summed E-state index contributed by atoms with van der Waals surface area (Å²) in [4.78, 5) is 21.0. The quantitative estimate of drug-likeness (QED) is 0.640. The fraction of sp³-hybridized carbons (Fsp3) is 0.286. The van der Waals surface area contributed by atoms with E-state index >= 15 is 0 Å². The minimum absolute atomic E-state index is 0.0939. The molecule has 1 saturated heterocycles. The number of benzene rings is 1. The summed E-state index contributed by atoms with van der Waals surface area (Å²) in [5.74, 6) is -0.965. The number of hydrogen-bond donors (Lipinski definition) is 2. The molecule has 0 unspecified atom stereocenters. The number of aromatic nitrogens is 2. The highest BCUT2D eigenvalue weighted by Crippen LogP contribution is 2.24. The van der Waals surface area contributed by atoms with Crippen LogP contribution in [0.5, 0.6) is 0 Å². The van der Waals surface area contributed by atoms with Crippen LogP contribution in [0, 0.1) is 5.82 Å². The van der Waals surface area contributed by atoms with Crippen molar-refractivity contribution in [2.24, 2.45) is 0 Å². The van der Waals surface area contributed by atoms with Gasteiger partial charge in [0.1, 0.15) is 22.2 Å². The molecular formula is C21H19ClFN3O3. The van der Waals surface area contributed by atoms with Gasteiger partial charge in [-0.1, -0.05) is 23.7 Å². The van der Waals surface area contributed by atoms with Crippen molar-refractivity contribution in [1.29, 1.82) is 0 Å². The normalized spacial score (nSPS) is 19.3. The number of ether oxygens (including phenoxy) is 1. The van der Waals surface area contributed by atoms with Crippen LogP contribution in [0.2, 0.25) is 5.15 Å². The summed E-state index contributed by atoms with van der Waals surface area (Å²) in [6.45, 7) is 0.620. The summed E-state index contributed by atoms with van der Waals surface area (Å²) in [5, 5.41) is 13.8. The molecule has 1 aliphatic heterocycles. The van der Waals surface area contributed by atoms with E-state index in [1.54, 1.807) is 30.5 Å². The lowest BCUT2D eigenvalue weighted by atomic mass is 10.00. The van der Waals surface area contributed by atoms with Crippen LogP contribution >= 0.6 is 11.6 Å². The lowest BCUT2D eigenvalue weighted by Crippen LogP contribution is -2.48. The third-order valence-electron chi connectivity index (χ3n) is 4.94. The number of hydrogen-bond acceptors (Lipinski definition) is 5. The third-order valence-corrected chi connectivity index (χ3v) is 5.14. The lowest BCUT2D eigenvalue weighted by molar-refractivity contribution is -0.0261. The number of aliphatic hydroxyl groups excluding tert-OH is 1. The van der Waals surface area contributed by atoms with Crippen LogP contribution in [0.3, 0.4) is 0 Å². The fourth-order valence-electron chi connectivity index (χ4n) is 3.45. The standard InChI is InChI=1S/C21H19ClFN3O3/c22-19-9-12(4-6-24-19)8-13-10-17(25-20-14(13)2-1-3-15(20)23)21(28)26-16-5-7-29-11-18(16)27/h1-4,6,9-10,16,18,27H,5,7-8,11H2,(H,26,28)/t16-,18-/m0/s1. The monoisotopic (exact) mass is 415 g/mol. The van der Waals surface area contributed by atoms with Crippen LogP contribution in [0.4, 0.5) is 4.39 Å². The molecule has 0 saturated carbocycles. The Hall–Kier alpha value is -2.61. The van der Waals surface area contributed by atoms with E-state index < -0.39 is 23.9 Å². The zero-order valence-corrected chi connectivity index (χ0v) is 16.2. The number of carbonyl (C=O) groups is 1. The number of aliphatic hydroxyl groups is 1. The van der Waals surface area contributed by atoms with Crippen LogP contribution in [0.25, 0.3) is 10.9 Å². The Morgan fingerprint density at radius 1 is 1.34 bits per heavy atom. The van der Waals surface area contributed by atoms with E-state index in [-0.39, 0.29) is 17.8 Å². The molecule has 0 bridgehead atoms. The summed E-state index contributed by atoms with van der Waals surface area (Å²) in [6.07, 6.45) is 1.74. The molecule has 0 spiro atoms. The van der Waals surface area contributed by atoms with Gasteiger partial charge in [0, 0.05) is 18.2 Å². The molecule has 6 nitrogen and oxygen atoms in total. The van der Waals surface area contributed by atoms with E-state index in [1.165, 1.54) is 6.07 Å². The minimum atomic E-state index is -0.789. The van der Waals surface area contributed by atoms with Crippen molar-refractivity contribution in [1.82, 2.24) is 15.3 Å². The van der Waals surface area contributed by atoms with Crippen molar-refractivity contribution >= 4 is 28.4 Å². The molecule has 2 atom stereocenters. The number of nitrogens with zero attached hydrogens (tertiary/aromatic N) is 2. The first-order valence-corrected chi connectivity index (χ1v) is 9.64. The molecule has 1 aliphatic rings. The number of nitrogens with one attached hydrogen (secondary N) is 1. The van der Waals surface area contributed by atoms with Crippen molar-refractivity contribution in [3.05, 3.63) is 70.4 Å². The first-order chi connectivity index (χ1) is 14.0. The molecular weight excluding hydrogens is 397 g/mol. The van der Waals surface area contributed by atoms with Crippen LogP contribution in [0.1, 0.15) is 28.0 Å². The second kappa shape index (κ2) is 8.41. The van der Waals surface area contributed by atoms with Gasteiger partial charge >= 0.3 is 0 Å². The first-order valence-electron chi connectivity index (χ1n) is 9.26. The zero-order valence-electron chi connectivity index (χ0n) is 15.4. The second-order valence-corrected chi connectivity index (χ2v) is 7.36. The van der Waals surface area contributed by atoms with Gasteiger partial charge in [-0.25, -0.2) is 14.4 Å². The molecule has 4 rings (SSSR count). The minimum Gasteiger partial charge on any atom is -0.389 e. The number of amides is 1. The summed E-state index contributed by atoms with van der Waals surface area (Å²) in [6, 6.07) is 9.45. The number of carbonyl (C=O) groups excluding carboxylic acids is 1. The van der Waals surface area contributed by atoms with Gasteiger partial charge in [0.15, 0.2) is 0 Å². The van der Waals surface area contributed by atoms with Crippen molar-refractivity contribution in [2.45, 2.75) is 25.0 Å². The molecule has 3 aromatic rings. The summed E-state index contributed by atoms with van der Waals surface area (Å²) < 4.78 is 19.6. The van der Waals surface area contributed by atoms with Crippen LogP contribution in [-0.4, -0.2) is 46.3 Å². The maximum absolute atomic E-state index is 14.5. The molecule has 1 aromatic carbocycles. The highest BCUT2D eigenvalue weighted by molar-refractivity contribution is 6.29. The lowest BCUT2D eigenvalue weighted by Gasteiger charge is -2.28. The number of pyridine rings is 2. The molecule has 29 heavy (non-hydrogen) atoms. The van der Waals surface area contributed by atoms with Gasteiger partial charge in [-0.15, -0.1) is 0 Å². The van der Waals surface area contributed by atoms with Gasteiger partial charge in [0.25, 0.3) is 5.91 Å². The predicted octanol–water partition coefficient (Wildman–Crippen LogP) is 2.89. The van der Waals surface area contributed by atoms with E-state index in [1.807, 2.05) is 6.07 Å². The molecule has 3 heterocycles. The molecule has 0 aliphatic carbocycles. The first kappa shape index (κ1) is 19.7. The number of rotatable bonds is 4. The Bertz CT molecular complexity index is 1060. The third kappa shape index (κ3) is 4.37. The van der Waals surface area contributed by atoms with Gasteiger partial charge in [0.2, 0.25) is 0 Å². The van der Waals surface area contributed by atoms with Crippen molar-refractivity contribution < 1.29 is 19.0 Å². The predicted molar refractivity (Wildman–Crippen MR) is 106 cm³/mol. The molecule has 150 valence electrons. The van der Waals surface area contributed by atoms with Crippen molar-refractivity contribution in [2.75, 3.05) is 13.2 Å². The van der Waals surface area contributed by atoms with E-state index in [2.05, 4.69) is 15.3 Å². The Balaban J connectivity index is 1.70. The molecule has 1 amide bonds. The highest BCUT2D eigenvalue weighted by Gasteiger charge is 2.26. The van der Waals surface area contributed by atoms with E-state index in [0.717, 1.165) is 11.1 Å². The average molecular weight is 416 g/mol. The van der Waals surface area contributed by atoms with Crippen molar-refractivity contribution in [3.63, 3.8) is 0 Å². The number of halogens is 2. The smallest absolute Gasteiger partial charge is 0.270 e. The Kier molecular flexibility index (Phi) is 5.71. The maximum Gasteiger partial charge on any atom is 0.270 e. The van der Waals surface area contributed by atoms with Crippen LogP contribution in [0.15, 0.2) is 42.6 Å². The van der Waals surface area contributed by atoms with E-state index in [0.29, 0.717) is 30.0 Å². The Morgan fingerprint density at radius 3 is 3.00 bits per heavy atom. The van der Waals surface area contributed by atoms with Crippen molar-refractivity contribution in [3.8, 4) is 0 Å². The topological polar surface area (TPSA) is 84.3 Å². The second-order valence-electron chi connectivity index (χ2n) is 6.98. The summed E-state index contributed by atoms with van der Waals surface area (Å²) in [7, 11) is 0. The van der Waals surface area contributed by atoms with Gasteiger partial charge in [0.05, 0.1) is 18.8 Å². The summed E-state index contributed by atoms with van der Waals surface area (Å²) in [5.41, 5.74) is 1.85. The molecule has 0 radical (unpaired) electrons. The average Bonchev–Trinajstić information content (AvgIpc) is 2.70. The summed E-state index contributed by atoms with van der Waals surface area (Å²) >= 11 is 5.98. The fourth-order valence-corrected chi connectivity index (χ4v) is 3.65. The molecule has 1 fully saturated rings.